The Bertz CT molecular complexity index is 433. The Kier molecular flexibility index (Phi) is 1.75. The van der Waals surface area contributed by atoms with E-state index in [0.717, 1.165) is 10.9 Å². The average Bonchev–Trinajstić information content (AvgIpc) is 2.39. The van der Waals surface area contributed by atoms with E-state index in [1.54, 1.807) is 6.07 Å². The highest BCUT2D eigenvalue weighted by molar-refractivity contribution is 14.1. The zero-order valence-corrected chi connectivity index (χ0v) is 8.71. The Morgan fingerprint density at radius 1 is 1.42 bits per heavy atom. The van der Waals surface area contributed by atoms with Crippen LogP contribution in [-0.2, 0) is 0 Å². The molecule has 0 spiro atoms. The molecule has 0 radical (unpaired) electrons. The van der Waals surface area contributed by atoms with E-state index in [-0.39, 0.29) is 5.88 Å². The number of rotatable bonds is 0. The number of benzene rings is 1. The van der Waals surface area contributed by atoms with Crippen LogP contribution in [0, 0.1) is 10.5 Å². The smallest absolute Gasteiger partial charge is 0.189 e. The van der Waals surface area contributed by atoms with E-state index in [9.17, 15) is 5.11 Å². The summed E-state index contributed by atoms with van der Waals surface area (Å²) in [5, 5.41) is 10.3. The maximum Gasteiger partial charge on any atom is 0.189 e. The van der Waals surface area contributed by atoms with E-state index < -0.39 is 0 Å². The zero-order valence-electron chi connectivity index (χ0n) is 6.56. The van der Waals surface area contributed by atoms with Gasteiger partial charge in [0.25, 0.3) is 0 Å². The number of hydrogen-bond donors (Lipinski definition) is 2. The second kappa shape index (κ2) is 2.65. The van der Waals surface area contributed by atoms with Crippen LogP contribution in [0.25, 0.3) is 10.9 Å². The van der Waals surface area contributed by atoms with Crippen molar-refractivity contribution >= 4 is 33.5 Å². The van der Waals surface area contributed by atoms with Crippen molar-refractivity contribution in [1.29, 1.82) is 0 Å². The van der Waals surface area contributed by atoms with Gasteiger partial charge in [-0.25, -0.2) is 0 Å². The van der Waals surface area contributed by atoms with Gasteiger partial charge in [0.05, 0.1) is 0 Å². The zero-order chi connectivity index (χ0) is 8.72. The van der Waals surface area contributed by atoms with Crippen LogP contribution < -0.4 is 0 Å². The van der Waals surface area contributed by atoms with Crippen LogP contribution in [-0.4, -0.2) is 10.1 Å². The number of H-pyrrole nitrogens is 1. The summed E-state index contributed by atoms with van der Waals surface area (Å²) in [6.45, 7) is 2.05. The van der Waals surface area contributed by atoms with Crippen LogP contribution >= 0.6 is 22.6 Å². The number of nitrogens with one attached hydrogen (secondary N) is 1. The molecule has 1 heterocycles. The molecule has 12 heavy (non-hydrogen) atoms. The van der Waals surface area contributed by atoms with Gasteiger partial charge in [0.2, 0.25) is 0 Å². The molecular weight excluding hydrogens is 265 g/mol. The number of aromatic amines is 1. The Balaban J connectivity index is 2.89. The number of aryl methyl sites for hydroxylation is 1. The predicted molar refractivity (Wildman–Crippen MR) is 57.4 cm³/mol. The first-order chi connectivity index (χ1) is 5.68. The molecule has 0 aliphatic heterocycles. The lowest BCUT2D eigenvalue weighted by Gasteiger charge is -1.97. The summed E-state index contributed by atoms with van der Waals surface area (Å²) < 4.78 is 1.22. The third kappa shape index (κ3) is 1.08. The van der Waals surface area contributed by atoms with Crippen molar-refractivity contribution in [3.8, 4) is 5.88 Å². The van der Waals surface area contributed by atoms with Crippen molar-refractivity contribution in [3.63, 3.8) is 0 Å². The molecule has 1 aromatic heterocycles. The van der Waals surface area contributed by atoms with Gasteiger partial charge in [-0.05, 0) is 47.2 Å². The lowest BCUT2D eigenvalue weighted by Crippen LogP contribution is -1.79. The van der Waals surface area contributed by atoms with Gasteiger partial charge >= 0.3 is 0 Å². The molecule has 2 N–H and O–H groups in total. The third-order valence-corrected chi connectivity index (χ3v) is 3.16. The topological polar surface area (TPSA) is 36.0 Å². The normalized spacial score (nSPS) is 10.8. The first kappa shape index (κ1) is 7.91. The summed E-state index contributed by atoms with van der Waals surface area (Å²) in [5.41, 5.74) is 2.20. The lowest BCUT2D eigenvalue weighted by atomic mass is 10.1. The van der Waals surface area contributed by atoms with Crippen LogP contribution in [0.5, 0.6) is 5.88 Å². The minimum absolute atomic E-state index is 0.232. The van der Waals surface area contributed by atoms with Gasteiger partial charge in [-0.15, -0.1) is 0 Å². The molecule has 2 aromatic rings. The predicted octanol–water partition coefficient (Wildman–Crippen LogP) is 2.79. The van der Waals surface area contributed by atoms with Crippen molar-refractivity contribution < 1.29 is 5.11 Å². The van der Waals surface area contributed by atoms with Crippen LogP contribution in [0.2, 0.25) is 0 Å². The summed E-state index contributed by atoms with van der Waals surface area (Å²) >= 11 is 2.29. The second-order valence-corrected chi connectivity index (χ2v) is 3.95. The van der Waals surface area contributed by atoms with E-state index >= 15 is 0 Å². The second-order valence-electron chi connectivity index (χ2n) is 2.79. The third-order valence-electron chi connectivity index (χ3n) is 1.99. The summed E-state index contributed by atoms with van der Waals surface area (Å²) in [6.07, 6.45) is 0. The Hall–Kier alpha value is -0.710. The van der Waals surface area contributed by atoms with E-state index in [4.69, 9.17) is 0 Å². The molecule has 0 fully saturated rings. The van der Waals surface area contributed by atoms with Gasteiger partial charge in [-0.1, -0.05) is 0 Å². The number of aromatic hydroxyl groups is 1. The maximum atomic E-state index is 9.21. The van der Waals surface area contributed by atoms with E-state index in [1.165, 1.54) is 9.13 Å². The first-order valence-corrected chi connectivity index (χ1v) is 4.73. The molecule has 0 saturated carbocycles. The molecule has 0 amide bonds. The van der Waals surface area contributed by atoms with Gasteiger partial charge in [0, 0.05) is 20.5 Å². The van der Waals surface area contributed by atoms with Crippen LogP contribution in [0.1, 0.15) is 5.56 Å². The molecule has 3 heteroatoms. The van der Waals surface area contributed by atoms with Crippen molar-refractivity contribution in [1.82, 2.24) is 4.98 Å². The van der Waals surface area contributed by atoms with Crippen LogP contribution in [0.3, 0.4) is 0 Å². The Labute approximate surface area is 83.7 Å². The number of fused-ring (bicyclic) bond motifs is 1. The summed E-state index contributed by atoms with van der Waals surface area (Å²) in [6, 6.07) is 5.77. The molecule has 62 valence electrons. The minimum Gasteiger partial charge on any atom is -0.495 e. The molecule has 0 aliphatic carbocycles. The van der Waals surface area contributed by atoms with E-state index in [1.807, 2.05) is 12.1 Å². The van der Waals surface area contributed by atoms with Gasteiger partial charge in [0.1, 0.15) is 0 Å². The molecule has 0 aliphatic rings. The number of halogens is 1. The number of aromatic nitrogens is 1. The minimum atomic E-state index is 0.232. The van der Waals surface area contributed by atoms with E-state index in [0.29, 0.717) is 0 Å². The highest BCUT2D eigenvalue weighted by Gasteiger charge is 2.03. The van der Waals surface area contributed by atoms with Gasteiger partial charge in [-0.2, -0.15) is 0 Å². The number of hydrogen-bond acceptors (Lipinski definition) is 1. The summed E-state index contributed by atoms with van der Waals surface area (Å²) in [5.74, 6) is 0.232. The van der Waals surface area contributed by atoms with Crippen molar-refractivity contribution in [3.05, 3.63) is 27.3 Å². The monoisotopic (exact) mass is 273 g/mol. The molecular formula is C9H8INO. The highest BCUT2D eigenvalue weighted by Crippen LogP contribution is 2.25. The van der Waals surface area contributed by atoms with Gasteiger partial charge < -0.3 is 10.1 Å². The van der Waals surface area contributed by atoms with E-state index in [2.05, 4.69) is 34.5 Å². The lowest BCUT2D eigenvalue weighted by molar-refractivity contribution is 0.458. The molecule has 2 nitrogen and oxygen atoms in total. The standard InChI is InChI=1S/C9H8INO/c1-5-6-4-9(12)11-8(6)3-2-7(5)10/h2-4,11-12H,1H3. The maximum absolute atomic E-state index is 9.21. The summed E-state index contributed by atoms with van der Waals surface area (Å²) in [4.78, 5) is 2.88. The highest BCUT2D eigenvalue weighted by atomic mass is 127. The van der Waals surface area contributed by atoms with Gasteiger partial charge in [-0.3, -0.25) is 0 Å². The SMILES string of the molecule is Cc1c(I)ccc2[nH]c(O)cc12. The largest absolute Gasteiger partial charge is 0.495 e. The Morgan fingerprint density at radius 3 is 2.92 bits per heavy atom. The van der Waals surface area contributed by atoms with Crippen molar-refractivity contribution in [2.45, 2.75) is 6.92 Å². The fourth-order valence-corrected chi connectivity index (χ4v) is 1.78. The molecule has 2 rings (SSSR count). The van der Waals surface area contributed by atoms with Crippen LogP contribution in [0.15, 0.2) is 18.2 Å². The molecule has 0 atom stereocenters. The fourth-order valence-electron chi connectivity index (χ4n) is 1.31. The van der Waals surface area contributed by atoms with Crippen molar-refractivity contribution in [2.24, 2.45) is 0 Å². The van der Waals surface area contributed by atoms with Crippen molar-refractivity contribution in [2.75, 3.05) is 0 Å². The molecule has 1 aromatic carbocycles. The van der Waals surface area contributed by atoms with Gasteiger partial charge in [0.15, 0.2) is 5.88 Å². The molecule has 0 unspecified atom stereocenters. The van der Waals surface area contributed by atoms with Crippen LogP contribution in [0.4, 0.5) is 0 Å². The quantitative estimate of drug-likeness (QED) is 0.711. The molecule has 0 saturated heterocycles. The fraction of sp³-hybridized carbons (Fsp3) is 0.111. The Morgan fingerprint density at radius 2 is 2.17 bits per heavy atom. The first-order valence-electron chi connectivity index (χ1n) is 3.65. The molecule has 0 bridgehead atoms. The summed E-state index contributed by atoms with van der Waals surface area (Å²) in [7, 11) is 0. The average molecular weight is 273 g/mol.